The molecule has 6 nitrogen and oxygen atoms in total. The van der Waals surface area contributed by atoms with Gasteiger partial charge in [0.05, 0.1) is 18.3 Å². The predicted octanol–water partition coefficient (Wildman–Crippen LogP) is 2.46. The average molecular weight is 351 g/mol. The molecule has 2 aromatic heterocycles. The van der Waals surface area contributed by atoms with Crippen molar-refractivity contribution in [3.05, 3.63) is 45.8 Å². The molecular weight excluding hydrogens is 326 g/mol. The lowest BCUT2D eigenvalue weighted by molar-refractivity contribution is 0.472. The summed E-state index contributed by atoms with van der Waals surface area (Å²) in [7, 11) is 0. The molecule has 2 aliphatic carbocycles. The predicted molar refractivity (Wildman–Crippen MR) is 99.5 cm³/mol. The number of hydrogen-bond donors (Lipinski definition) is 0. The summed E-state index contributed by atoms with van der Waals surface area (Å²) in [6, 6.07) is 4.10. The first-order valence-electron chi connectivity index (χ1n) is 9.97. The van der Waals surface area contributed by atoms with E-state index in [4.69, 9.17) is 10.1 Å². The first kappa shape index (κ1) is 16.0. The number of aromatic nitrogens is 4. The molecule has 1 atom stereocenters. The zero-order valence-electron chi connectivity index (χ0n) is 15.1. The fraction of sp³-hybridized carbons (Fsp3) is 0.600. The molecule has 5 rings (SSSR count). The van der Waals surface area contributed by atoms with Gasteiger partial charge in [-0.15, -0.1) is 0 Å². The maximum Gasteiger partial charge on any atom is 0.267 e. The molecule has 1 aliphatic heterocycles. The van der Waals surface area contributed by atoms with Crippen molar-refractivity contribution in [3.8, 4) is 0 Å². The van der Waals surface area contributed by atoms with Gasteiger partial charge in [-0.3, -0.25) is 4.79 Å². The van der Waals surface area contributed by atoms with Crippen molar-refractivity contribution in [2.75, 3.05) is 11.4 Å². The second-order valence-electron chi connectivity index (χ2n) is 7.88. The highest BCUT2D eigenvalue weighted by Crippen LogP contribution is 2.38. The van der Waals surface area contributed by atoms with Gasteiger partial charge in [-0.1, -0.05) is 0 Å². The van der Waals surface area contributed by atoms with Crippen LogP contribution >= 0.6 is 0 Å². The first-order valence-corrected chi connectivity index (χ1v) is 9.97. The molecule has 0 radical (unpaired) electrons. The first-order chi connectivity index (χ1) is 12.8. The van der Waals surface area contributed by atoms with Crippen molar-refractivity contribution < 1.29 is 0 Å². The zero-order valence-corrected chi connectivity index (χ0v) is 15.1. The molecule has 0 N–H and O–H groups in total. The Bertz CT molecular complexity index is 873. The van der Waals surface area contributed by atoms with Crippen molar-refractivity contribution in [2.45, 2.75) is 69.9 Å². The fourth-order valence-electron chi connectivity index (χ4n) is 4.32. The van der Waals surface area contributed by atoms with Gasteiger partial charge in [0.15, 0.2) is 0 Å². The summed E-state index contributed by atoms with van der Waals surface area (Å²) in [5, 5.41) is 4.70. The largest absolute Gasteiger partial charge is 0.352 e. The van der Waals surface area contributed by atoms with Crippen LogP contribution in [0.15, 0.2) is 23.1 Å². The molecule has 1 saturated carbocycles. The highest BCUT2D eigenvalue weighted by atomic mass is 16.1. The second kappa shape index (κ2) is 6.49. The lowest BCUT2D eigenvalue weighted by atomic mass is 9.97. The van der Waals surface area contributed by atoms with Gasteiger partial charge in [0, 0.05) is 24.7 Å². The van der Waals surface area contributed by atoms with E-state index in [1.165, 1.54) is 25.7 Å². The molecule has 3 aliphatic rings. The molecular formula is C20H25N5O. The van der Waals surface area contributed by atoms with Gasteiger partial charge in [-0.2, -0.15) is 5.10 Å². The molecule has 1 unspecified atom stereocenters. The van der Waals surface area contributed by atoms with Crippen LogP contribution in [0.3, 0.4) is 0 Å². The Morgan fingerprint density at radius 3 is 2.88 bits per heavy atom. The second-order valence-corrected chi connectivity index (χ2v) is 7.88. The van der Waals surface area contributed by atoms with Crippen molar-refractivity contribution in [3.63, 3.8) is 0 Å². The smallest absolute Gasteiger partial charge is 0.267 e. The summed E-state index contributed by atoms with van der Waals surface area (Å²) in [6.07, 6.45) is 10.9. The van der Waals surface area contributed by atoms with Gasteiger partial charge in [0.25, 0.3) is 5.56 Å². The van der Waals surface area contributed by atoms with Crippen molar-refractivity contribution in [2.24, 2.45) is 0 Å². The Hall–Kier alpha value is -2.24. The number of fused-ring (bicyclic) bond motifs is 1. The highest BCUT2D eigenvalue weighted by Gasteiger charge is 2.30. The van der Waals surface area contributed by atoms with Crippen LogP contribution in [0.2, 0.25) is 0 Å². The zero-order chi connectivity index (χ0) is 17.5. The number of rotatable bonds is 4. The standard InChI is InChI=1S/C20H25N5O/c26-19-12-15-4-1-2-6-17(15)23-25(19)13-16-5-3-11-24(16)18-9-10-21-20(22-18)14-7-8-14/h9-10,12,14,16H,1-8,11,13H2. The van der Waals surface area contributed by atoms with Crippen LogP contribution in [-0.4, -0.2) is 32.3 Å². The molecule has 0 bridgehead atoms. The Labute approximate surface area is 153 Å². The average Bonchev–Trinajstić information content (AvgIpc) is 3.42. The Balaban J connectivity index is 1.39. The van der Waals surface area contributed by atoms with Gasteiger partial charge < -0.3 is 4.90 Å². The van der Waals surface area contributed by atoms with E-state index in [-0.39, 0.29) is 11.6 Å². The van der Waals surface area contributed by atoms with Crippen LogP contribution in [0.25, 0.3) is 0 Å². The highest BCUT2D eigenvalue weighted by molar-refractivity contribution is 5.41. The minimum absolute atomic E-state index is 0.0406. The van der Waals surface area contributed by atoms with Gasteiger partial charge >= 0.3 is 0 Å². The van der Waals surface area contributed by atoms with Gasteiger partial charge in [-0.25, -0.2) is 14.6 Å². The molecule has 1 saturated heterocycles. The van der Waals surface area contributed by atoms with Crippen LogP contribution in [0.5, 0.6) is 0 Å². The molecule has 136 valence electrons. The van der Waals surface area contributed by atoms with E-state index < -0.39 is 0 Å². The molecule has 0 amide bonds. The van der Waals surface area contributed by atoms with E-state index in [2.05, 4.69) is 9.88 Å². The Kier molecular flexibility index (Phi) is 3.98. The van der Waals surface area contributed by atoms with E-state index in [9.17, 15) is 4.79 Å². The molecule has 0 spiro atoms. The van der Waals surface area contributed by atoms with Crippen molar-refractivity contribution in [1.29, 1.82) is 0 Å². The van der Waals surface area contributed by atoms with Crippen LogP contribution in [0, 0.1) is 0 Å². The van der Waals surface area contributed by atoms with E-state index in [1.54, 1.807) is 4.68 Å². The monoisotopic (exact) mass is 351 g/mol. The molecule has 2 aromatic rings. The topological polar surface area (TPSA) is 63.9 Å². The van der Waals surface area contributed by atoms with Crippen molar-refractivity contribution in [1.82, 2.24) is 19.7 Å². The normalized spacial score (nSPS) is 22.5. The summed E-state index contributed by atoms with van der Waals surface area (Å²) in [4.78, 5) is 24.1. The summed E-state index contributed by atoms with van der Waals surface area (Å²) in [5.74, 6) is 2.55. The molecule has 0 aromatic carbocycles. The number of hydrogen-bond acceptors (Lipinski definition) is 5. The summed E-state index contributed by atoms with van der Waals surface area (Å²) in [5.41, 5.74) is 2.32. The minimum atomic E-state index is 0.0406. The maximum atomic E-state index is 12.5. The van der Waals surface area contributed by atoms with Crippen LogP contribution in [0.1, 0.15) is 61.5 Å². The van der Waals surface area contributed by atoms with Crippen LogP contribution < -0.4 is 10.5 Å². The number of aryl methyl sites for hydroxylation is 2. The van der Waals surface area contributed by atoms with Gasteiger partial charge in [-0.05, 0) is 63.0 Å². The third-order valence-electron chi connectivity index (χ3n) is 5.93. The molecule has 26 heavy (non-hydrogen) atoms. The van der Waals surface area contributed by atoms with E-state index in [1.807, 2.05) is 18.3 Å². The SMILES string of the molecule is O=c1cc2c(nn1CC1CCCN1c1ccnc(C3CC3)n1)CCCC2. The van der Waals surface area contributed by atoms with E-state index in [0.717, 1.165) is 55.1 Å². The maximum absolute atomic E-state index is 12.5. The van der Waals surface area contributed by atoms with Crippen molar-refractivity contribution >= 4 is 5.82 Å². The lowest BCUT2D eigenvalue weighted by Crippen LogP contribution is -2.38. The molecule has 2 fully saturated rings. The number of anilines is 1. The fourth-order valence-corrected chi connectivity index (χ4v) is 4.32. The third kappa shape index (κ3) is 3.02. The lowest BCUT2D eigenvalue weighted by Gasteiger charge is -2.26. The Morgan fingerprint density at radius 1 is 1.12 bits per heavy atom. The summed E-state index contributed by atoms with van der Waals surface area (Å²) >= 11 is 0. The van der Waals surface area contributed by atoms with E-state index >= 15 is 0 Å². The molecule has 6 heteroatoms. The van der Waals surface area contributed by atoms with Crippen LogP contribution in [0.4, 0.5) is 5.82 Å². The summed E-state index contributed by atoms with van der Waals surface area (Å²) < 4.78 is 1.69. The third-order valence-corrected chi connectivity index (χ3v) is 5.93. The van der Waals surface area contributed by atoms with Gasteiger partial charge in [0.2, 0.25) is 0 Å². The number of nitrogens with zero attached hydrogens (tertiary/aromatic N) is 5. The quantitative estimate of drug-likeness (QED) is 0.847. The van der Waals surface area contributed by atoms with Gasteiger partial charge in [0.1, 0.15) is 11.6 Å². The minimum Gasteiger partial charge on any atom is -0.352 e. The van der Waals surface area contributed by atoms with Crippen LogP contribution in [-0.2, 0) is 19.4 Å². The Morgan fingerprint density at radius 2 is 2.00 bits per heavy atom. The summed E-state index contributed by atoms with van der Waals surface area (Å²) in [6.45, 7) is 1.64. The van der Waals surface area contributed by atoms with E-state index in [0.29, 0.717) is 12.5 Å². The molecule has 3 heterocycles.